The van der Waals surface area contributed by atoms with Crippen LogP contribution in [0, 0.1) is 11.3 Å². The van der Waals surface area contributed by atoms with Crippen LogP contribution in [-0.4, -0.2) is 24.6 Å². The van der Waals surface area contributed by atoms with Gasteiger partial charge in [-0.2, -0.15) is 0 Å². The van der Waals surface area contributed by atoms with Crippen molar-refractivity contribution in [2.45, 2.75) is 47.1 Å². The molecule has 2 rings (SSSR count). The van der Waals surface area contributed by atoms with Crippen LogP contribution in [0.5, 0.6) is 0 Å². The molecule has 0 bridgehead atoms. The number of piperidine rings is 1. The van der Waals surface area contributed by atoms with Crippen molar-refractivity contribution >= 4 is 5.82 Å². The average molecular weight is 275 g/mol. The summed E-state index contributed by atoms with van der Waals surface area (Å²) in [5.41, 5.74) is 1.68. The molecule has 1 saturated heterocycles. The molecule has 0 radical (unpaired) electrons. The molecule has 2 heterocycles. The summed E-state index contributed by atoms with van der Waals surface area (Å²) in [6.07, 6.45) is 4.61. The van der Waals surface area contributed by atoms with Gasteiger partial charge in [-0.25, -0.2) is 4.98 Å². The minimum absolute atomic E-state index is 0.414. The lowest BCUT2D eigenvalue weighted by atomic mass is 9.84. The molecule has 1 aromatic heterocycles. The highest BCUT2D eigenvalue weighted by atomic mass is 15.2. The maximum Gasteiger partial charge on any atom is 0.128 e. The second-order valence-corrected chi connectivity index (χ2v) is 7.24. The average Bonchev–Trinajstić information content (AvgIpc) is 2.38. The van der Waals surface area contributed by atoms with Gasteiger partial charge in [0.15, 0.2) is 0 Å². The van der Waals surface area contributed by atoms with Gasteiger partial charge in [0.2, 0.25) is 0 Å². The van der Waals surface area contributed by atoms with Gasteiger partial charge in [-0.3, -0.25) is 0 Å². The Balaban J connectivity index is 1.91. The quantitative estimate of drug-likeness (QED) is 0.892. The van der Waals surface area contributed by atoms with E-state index < -0.39 is 0 Å². The molecule has 1 aromatic rings. The van der Waals surface area contributed by atoms with Crippen LogP contribution in [0.1, 0.15) is 46.1 Å². The van der Waals surface area contributed by atoms with Crippen molar-refractivity contribution in [2.75, 3.05) is 24.5 Å². The molecule has 0 aromatic carbocycles. The van der Waals surface area contributed by atoms with Crippen molar-refractivity contribution in [3.05, 3.63) is 23.9 Å². The van der Waals surface area contributed by atoms with Crippen LogP contribution in [0.15, 0.2) is 18.3 Å². The predicted octanol–water partition coefficient (Wildman–Crippen LogP) is 3.45. The first kappa shape index (κ1) is 15.3. The van der Waals surface area contributed by atoms with Crippen molar-refractivity contribution in [1.82, 2.24) is 10.3 Å². The molecule has 0 aliphatic carbocycles. The van der Waals surface area contributed by atoms with E-state index in [0.717, 1.165) is 32.0 Å². The zero-order chi connectivity index (χ0) is 14.6. The summed E-state index contributed by atoms with van der Waals surface area (Å²) in [6.45, 7) is 13.4. The number of nitrogens with one attached hydrogen (secondary N) is 1. The highest BCUT2D eigenvalue weighted by molar-refractivity contribution is 5.40. The van der Waals surface area contributed by atoms with Crippen LogP contribution in [0.25, 0.3) is 0 Å². The number of hydrogen-bond donors (Lipinski definition) is 1. The van der Waals surface area contributed by atoms with Crippen molar-refractivity contribution in [3.8, 4) is 0 Å². The zero-order valence-corrected chi connectivity index (χ0v) is 13.4. The molecule has 20 heavy (non-hydrogen) atoms. The summed E-state index contributed by atoms with van der Waals surface area (Å²) in [7, 11) is 0. The zero-order valence-electron chi connectivity index (χ0n) is 13.4. The molecule has 1 N–H and O–H groups in total. The van der Waals surface area contributed by atoms with Crippen LogP contribution in [-0.2, 0) is 6.54 Å². The molecule has 3 heteroatoms. The van der Waals surface area contributed by atoms with E-state index in [1.807, 2.05) is 6.20 Å². The lowest BCUT2D eigenvalue weighted by Crippen LogP contribution is -2.40. The summed E-state index contributed by atoms with van der Waals surface area (Å²) in [6, 6.07) is 4.38. The van der Waals surface area contributed by atoms with Crippen LogP contribution in [0.3, 0.4) is 0 Å². The van der Waals surface area contributed by atoms with Gasteiger partial charge in [-0.05, 0) is 42.3 Å². The Bertz CT molecular complexity index is 409. The van der Waals surface area contributed by atoms with E-state index in [-0.39, 0.29) is 0 Å². The molecule has 1 aliphatic heterocycles. The third-order valence-corrected chi connectivity index (χ3v) is 3.92. The van der Waals surface area contributed by atoms with Crippen molar-refractivity contribution in [2.24, 2.45) is 11.3 Å². The van der Waals surface area contributed by atoms with Crippen molar-refractivity contribution in [3.63, 3.8) is 0 Å². The van der Waals surface area contributed by atoms with Crippen LogP contribution >= 0.6 is 0 Å². The van der Waals surface area contributed by atoms with Crippen LogP contribution < -0.4 is 10.2 Å². The van der Waals surface area contributed by atoms with Gasteiger partial charge < -0.3 is 10.2 Å². The summed E-state index contributed by atoms with van der Waals surface area (Å²) in [4.78, 5) is 7.08. The molecule has 112 valence electrons. The Labute approximate surface area is 123 Å². The lowest BCUT2D eigenvalue weighted by Gasteiger charge is -2.38. The monoisotopic (exact) mass is 275 g/mol. The van der Waals surface area contributed by atoms with Gasteiger partial charge in [-0.1, -0.05) is 33.8 Å². The van der Waals surface area contributed by atoms with E-state index in [1.165, 1.54) is 18.4 Å². The van der Waals surface area contributed by atoms with Gasteiger partial charge in [0.25, 0.3) is 0 Å². The van der Waals surface area contributed by atoms with Gasteiger partial charge in [0.1, 0.15) is 5.82 Å². The Morgan fingerprint density at radius 3 is 2.75 bits per heavy atom. The minimum Gasteiger partial charge on any atom is -0.356 e. The molecule has 1 aliphatic rings. The standard InChI is InChI=1S/C17H29N3/c1-14(2)10-18-11-15-6-7-16(19-12-15)20-9-5-8-17(3,4)13-20/h6-7,12,14,18H,5,8-11,13H2,1-4H3. The fourth-order valence-electron chi connectivity index (χ4n) is 2.83. The summed E-state index contributed by atoms with van der Waals surface area (Å²) in [5.74, 6) is 1.82. The molecular weight excluding hydrogens is 246 g/mol. The number of hydrogen-bond acceptors (Lipinski definition) is 3. The van der Waals surface area contributed by atoms with Gasteiger partial charge in [0, 0.05) is 25.8 Å². The number of anilines is 1. The van der Waals surface area contributed by atoms with E-state index in [0.29, 0.717) is 11.3 Å². The van der Waals surface area contributed by atoms with E-state index in [9.17, 15) is 0 Å². The van der Waals surface area contributed by atoms with Gasteiger partial charge >= 0.3 is 0 Å². The topological polar surface area (TPSA) is 28.2 Å². The number of pyridine rings is 1. The predicted molar refractivity (Wildman–Crippen MR) is 86.0 cm³/mol. The minimum atomic E-state index is 0.414. The Kier molecular flexibility index (Phi) is 5.03. The molecule has 0 unspecified atom stereocenters. The maximum absolute atomic E-state index is 4.65. The molecular formula is C17H29N3. The first-order valence-corrected chi connectivity index (χ1v) is 7.87. The smallest absolute Gasteiger partial charge is 0.128 e. The molecule has 0 atom stereocenters. The maximum atomic E-state index is 4.65. The van der Waals surface area contributed by atoms with Crippen molar-refractivity contribution in [1.29, 1.82) is 0 Å². The van der Waals surface area contributed by atoms with Gasteiger partial charge in [-0.15, -0.1) is 0 Å². The number of rotatable bonds is 5. The normalized spacial score (nSPS) is 18.6. The third-order valence-electron chi connectivity index (χ3n) is 3.92. The molecule has 1 fully saturated rings. The molecule has 0 amide bonds. The summed E-state index contributed by atoms with van der Waals surface area (Å²) in [5, 5.41) is 3.46. The Morgan fingerprint density at radius 1 is 1.35 bits per heavy atom. The largest absolute Gasteiger partial charge is 0.356 e. The highest BCUT2D eigenvalue weighted by Gasteiger charge is 2.26. The van der Waals surface area contributed by atoms with E-state index in [1.54, 1.807) is 0 Å². The fourth-order valence-corrected chi connectivity index (χ4v) is 2.83. The van der Waals surface area contributed by atoms with E-state index in [2.05, 4.69) is 55.0 Å². The number of aromatic nitrogens is 1. The third kappa shape index (κ3) is 4.48. The van der Waals surface area contributed by atoms with Crippen LogP contribution in [0.4, 0.5) is 5.82 Å². The first-order valence-electron chi connectivity index (χ1n) is 7.87. The first-order chi connectivity index (χ1) is 9.46. The Hall–Kier alpha value is -1.09. The number of nitrogens with zero attached hydrogens (tertiary/aromatic N) is 2. The SMILES string of the molecule is CC(C)CNCc1ccc(N2CCCC(C)(C)C2)nc1. The van der Waals surface area contributed by atoms with E-state index >= 15 is 0 Å². The van der Waals surface area contributed by atoms with Crippen molar-refractivity contribution < 1.29 is 0 Å². The van der Waals surface area contributed by atoms with Gasteiger partial charge in [0.05, 0.1) is 0 Å². The van der Waals surface area contributed by atoms with E-state index in [4.69, 9.17) is 0 Å². The summed E-state index contributed by atoms with van der Waals surface area (Å²) >= 11 is 0. The highest BCUT2D eigenvalue weighted by Crippen LogP contribution is 2.30. The fraction of sp³-hybridized carbons (Fsp3) is 0.706. The second-order valence-electron chi connectivity index (χ2n) is 7.24. The second kappa shape index (κ2) is 6.57. The molecule has 3 nitrogen and oxygen atoms in total. The van der Waals surface area contributed by atoms with Crippen LogP contribution in [0.2, 0.25) is 0 Å². The lowest BCUT2D eigenvalue weighted by molar-refractivity contribution is 0.292. The Morgan fingerprint density at radius 2 is 2.15 bits per heavy atom. The molecule has 0 saturated carbocycles. The molecule has 0 spiro atoms. The summed E-state index contributed by atoms with van der Waals surface area (Å²) < 4.78 is 0.